The average Bonchev–Trinajstić information content (AvgIpc) is 3.03. The van der Waals surface area contributed by atoms with E-state index in [4.69, 9.17) is 0 Å². The van der Waals surface area contributed by atoms with Gasteiger partial charge in [0.05, 0.1) is 11.7 Å². The summed E-state index contributed by atoms with van der Waals surface area (Å²) in [7, 11) is 0. The molecular formula is C28H44O3. The highest BCUT2D eigenvalue weighted by Crippen LogP contribution is 2.59. The summed E-state index contributed by atoms with van der Waals surface area (Å²) in [5.74, 6) is 1.54. The maximum atomic E-state index is 10.6. The van der Waals surface area contributed by atoms with Gasteiger partial charge in [-0.1, -0.05) is 55.9 Å². The Morgan fingerprint density at radius 3 is 2.48 bits per heavy atom. The van der Waals surface area contributed by atoms with Gasteiger partial charge in [-0.15, -0.1) is 0 Å². The third-order valence-electron chi connectivity index (χ3n) is 8.82. The van der Waals surface area contributed by atoms with Crippen LogP contribution in [0.3, 0.4) is 0 Å². The van der Waals surface area contributed by atoms with Crippen LogP contribution in [-0.2, 0) is 0 Å². The molecular weight excluding hydrogens is 384 g/mol. The summed E-state index contributed by atoms with van der Waals surface area (Å²) in [4.78, 5) is 0. The van der Waals surface area contributed by atoms with Crippen LogP contribution in [0.15, 0.2) is 47.6 Å². The Morgan fingerprint density at radius 1 is 1.10 bits per heavy atom. The Bertz CT molecular complexity index is 764. The maximum Gasteiger partial charge on any atom is 0.108 e. The molecule has 6 atom stereocenters. The molecule has 3 fully saturated rings. The second-order valence-electron chi connectivity index (χ2n) is 11.5. The number of aliphatic hydroxyl groups excluding tert-OH is 1. The normalized spacial score (nSPS) is 37.9. The van der Waals surface area contributed by atoms with E-state index in [-0.39, 0.29) is 11.5 Å². The first-order valence-electron chi connectivity index (χ1n) is 12.2. The quantitative estimate of drug-likeness (QED) is 0.480. The molecule has 0 aromatic rings. The lowest BCUT2D eigenvalue weighted by Gasteiger charge is -2.44. The predicted molar refractivity (Wildman–Crippen MR) is 129 cm³/mol. The van der Waals surface area contributed by atoms with E-state index in [1.807, 2.05) is 0 Å². The third kappa shape index (κ3) is 5.10. The van der Waals surface area contributed by atoms with Crippen LogP contribution in [0.2, 0.25) is 0 Å². The number of aliphatic hydroxyl groups is 3. The van der Waals surface area contributed by atoms with E-state index >= 15 is 0 Å². The molecule has 3 aliphatic carbocycles. The van der Waals surface area contributed by atoms with Gasteiger partial charge in [-0.3, -0.25) is 0 Å². The molecule has 3 aliphatic rings. The Hall–Kier alpha value is -1.16. The Balaban J connectivity index is 1.77. The highest BCUT2D eigenvalue weighted by Gasteiger charge is 2.50. The van der Waals surface area contributed by atoms with Crippen LogP contribution in [-0.4, -0.2) is 32.6 Å². The number of hydrogen-bond acceptors (Lipinski definition) is 3. The Labute approximate surface area is 189 Å². The molecule has 0 radical (unpaired) electrons. The molecule has 0 unspecified atom stereocenters. The largest absolute Gasteiger partial charge is 0.393 e. The van der Waals surface area contributed by atoms with Crippen molar-refractivity contribution in [2.75, 3.05) is 0 Å². The van der Waals surface area contributed by atoms with Crippen molar-refractivity contribution < 1.29 is 15.3 Å². The first-order valence-corrected chi connectivity index (χ1v) is 12.2. The van der Waals surface area contributed by atoms with Gasteiger partial charge in [0.25, 0.3) is 0 Å². The molecule has 31 heavy (non-hydrogen) atoms. The molecule has 3 rings (SSSR count). The second-order valence-corrected chi connectivity index (χ2v) is 11.5. The van der Waals surface area contributed by atoms with Crippen LogP contribution in [0, 0.1) is 23.2 Å². The van der Waals surface area contributed by atoms with Crippen molar-refractivity contribution in [1.82, 2.24) is 0 Å². The summed E-state index contributed by atoms with van der Waals surface area (Å²) in [6, 6.07) is 0. The smallest absolute Gasteiger partial charge is 0.108 e. The molecule has 0 saturated heterocycles. The van der Waals surface area contributed by atoms with Gasteiger partial charge in [-0.25, -0.2) is 0 Å². The van der Waals surface area contributed by atoms with Gasteiger partial charge in [0, 0.05) is 0 Å². The van der Waals surface area contributed by atoms with Gasteiger partial charge < -0.3 is 15.3 Å². The Morgan fingerprint density at radius 2 is 1.81 bits per heavy atom. The molecule has 0 spiro atoms. The minimum Gasteiger partial charge on any atom is -0.393 e. The van der Waals surface area contributed by atoms with Crippen LogP contribution in [0.4, 0.5) is 0 Å². The van der Waals surface area contributed by atoms with Gasteiger partial charge in [-0.05, 0) is 101 Å². The molecule has 0 aromatic heterocycles. The lowest BCUT2D eigenvalue weighted by Crippen LogP contribution is -2.46. The standard InChI is InChI=1S/C28H44O3/c1-19-9-12-23(29)18-22(19)11-10-21-8-7-16-27(5)24(13-14-25(21)27)20(2)15-17-28(6,31)26(3,4)30/h10-11,15,17,20,23-25,29-31H,1,7-9,12-14,16,18H2,2-6H3/b17-15+,21-10+,22-11-/t20-,23-,24+,25+,27-,28+/m0/s1. The SMILES string of the molecule is C=C1CC[C@H](O)C/C1=C/C=C1\CCC[C@]2(C)[C@@H]1CC[C@@H]2[C@@H](C)/C=C/[C@@](C)(O)C(C)(C)O. The number of rotatable bonds is 5. The molecule has 0 amide bonds. The lowest BCUT2D eigenvalue weighted by atomic mass is 9.61. The van der Waals surface area contributed by atoms with E-state index in [1.54, 1.807) is 32.4 Å². The van der Waals surface area contributed by atoms with E-state index in [0.29, 0.717) is 17.8 Å². The predicted octanol–water partition coefficient (Wildman–Crippen LogP) is 5.87. The van der Waals surface area contributed by atoms with Gasteiger partial charge in [0.2, 0.25) is 0 Å². The average molecular weight is 429 g/mol. The third-order valence-corrected chi connectivity index (χ3v) is 8.82. The van der Waals surface area contributed by atoms with E-state index in [2.05, 4.69) is 38.7 Å². The number of allylic oxidation sites excluding steroid dienone is 5. The number of hydrogen-bond donors (Lipinski definition) is 3. The highest BCUT2D eigenvalue weighted by atomic mass is 16.3. The summed E-state index contributed by atoms with van der Waals surface area (Å²) < 4.78 is 0. The van der Waals surface area contributed by atoms with E-state index in [9.17, 15) is 15.3 Å². The topological polar surface area (TPSA) is 60.7 Å². The highest BCUT2D eigenvalue weighted by molar-refractivity contribution is 5.36. The van der Waals surface area contributed by atoms with Crippen molar-refractivity contribution in [3.05, 3.63) is 47.6 Å². The van der Waals surface area contributed by atoms with Gasteiger partial charge in [0.15, 0.2) is 0 Å². The molecule has 0 aromatic carbocycles. The molecule has 0 bridgehead atoms. The zero-order valence-electron chi connectivity index (χ0n) is 20.3. The van der Waals surface area contributed by atoms with Gasteiger partial charge >= 0.3 is 0 Å². The van der Waals surface area contributed by atoms with Crippen molar-refractivity contribution in [1.29, 1.82) is 0 Å². The lowest BCUT2D eigenvalue weighted by molar-refractivity contribution is -0.0886. The summed E-state index contributed by atoms with van der Waals surface area (Å²) in [5.41, 5.74) is 1.83. The van der Waals surface area contributed by atoms with Crippen LogP contribution in [0.5, 0.6) is 0 Å². The maximum absolute atomic E-state index is 10.6. The van der Waals surface area contributed by atoms with Crippen molar-refractivity contribution >= 4 is 0 Å². The molecule has 0 heterocycles. The van der Waals surface area contributed by atoms with Crippen LogP contribution in [0.1, 0.15) is 86.0 Å². The summed E-state index contributed by atoms with van der Waals surface area (Å²) in [6.07, 6.45) is 16.8. The van der Waals surface area contributed by atoms with Crippen LogP contribution in [0.25, 0.3) is 0 Å². The fourth-order valence-electron chi connectivity index (χ4n) is 6.22. The number of fused-ring (bicyclic) bond motifs is 1. The summed E-state index contributed by atoms with van der Waals surface area (Å²) in [6.45, 7) is 13.9. The fraction of sp³-hybridized carbons (Fsp3) is 0.714. The molecule has 174 valence electrons. The monoisotopic (exact) mass is 428 g/mol. The van der Waals surface area contributed by atoms with Crippen molar-refractivity contribution in [3.63, 3.8) is 0 Å². The first kappa shape index (κ1) is 24.5. The van der Waals surface area contributed by atoms with Crippen LogP contribution < -0.4 is 0 Å². The fourth-order valence-corrected chi connectivity index (χ4v) is 6.22. The van der Waals surface area contributed by atoms with Crippen LogP contribution >= 0.6 is 0 Å². The zero-order chi connectivity index (χ0) is 23.0. The summed E-state index contributed by atoms with van der Waals surface area (Å²) >= 11 is 0. The Kier molecular flexibility index (Phi) is 7.11. The second kappa shape index (κ2) is 9.00. The molecule has 3 saturated carbocycles. The van der Waals surface area contributed by atoms with Crippen molar-refractivity contribution in [2.45, 2.75) is 103 Å². The minimum absolute atomic E-state index is 0.226. The molecule has 0 aliphatic heterocycles. The van der Waals surface area contributed by atoms with Crippen molar-refractivity contribution in [3.8, 4) is 0 Å². The summed E-state index contributed by atoms with van der Waals surface area (Å²) in [5, 5.41) is 30.9. The molecule has 3 nitrogen and oxygen atoms in total. The van der Waals surface area contributed by atoms with E-state index in [1.165, 1.54) is 43.3 Å². The molecule has 3 N–H and O–H groups in total. The van der Waals surface area contributed by atoms with Gasteiger partial charge in [0.1, 0.15) is 5.60 Å². The van der Waals surface area contributed by atoms with E-state index < -0.39 is 11.2 Å². The van der Waals surface area contributed by atoms with Gasteiger partial charge in [-0.2, -0.15) is 0 Å². The minimum atomic E-state index is -1.24. The zero-order valence-corrected chi connectivity index (χ0v) is 20.3. The van der Waals surface area contributed by atoms with E-state index in [0.717, 1.165) is 19.3 Å². The first-order chi connectivity index (χ1) is 14.3. The van der Waals surface area contributed by atoms with Crippen molar-refractivity contribution in [2.24, 2.45) is 23.2 Å². The molecule has 3 heteroatoms.